The first-order valence-electron chi connectivity index (χ1n) is 2.87. The molecule has 2 heteroatoms. The van der Waals surface area contributed by atoms with E-state index >= 15 is 0 Å². The number of rotatable bonds is 1. The molecule has 0 fully saturated rings. The van der Waals surface area contributed by atoms with Crippen molar-refractivity contribution in [2.45, 2.75) is 13.8 Å². The first-order chi connectivity index (χ1) is 3.55. The van der Waals surface area contributed by atoms with Crippen molar-refractivity contribution in [3.8, 4) is 0 Å². The summed E-state index contributed by atoms with van der Waals surface area (Å²) in [5.41, 5.74) is 1.41. The van der Waals surface area contributed by atoms with Crippen LogP contribution in [-0.2, 0) is 0 Å². The minimum Gasteiger partial charge on any atom is -0.382 e. The van der Waals surface area contributed by atoms with Crippen molar-refractivity contribution < 1.29 is 0 Å². The molecule has 0 saturated heterocycles. The molecule has 1 nitrogen and oxygen atoms in total. The largest absolute Gasteiger partial charge is 0.382 e. The molecule has 0 rings (SSSR count). The van der Waals surface area contributed by atoms with E-state index in [0.717, 1.165) is 0 Å². The van der Waals surface area contributed by atoms with Crippen molar-refractivity contribution >= 4 is 10.2 Å². The van der Waals surface area contributed by atoms with E-state index in [2.05, 4.69) is 32.8 Å². The molecule has 0 aliphatic heterocycles. The summed E-state index contributed by atoms with van der Waals surface area (Å²) in [5.74, 6) is 0. The van der Waals surface area contributed by atoms with Crippen molar-refractivity contribution in [3.05, 3.63) is 10.9 Å². The molecular weight excluding hydrogens is 114 g/mol. The van der Waals surface area contributed by atoms with Crippen LogP contribution in [0.3, 0.4) is 0 Å². The fourth-order valence-electron chi connectivity index (χ4n) is 0.447. The van der Waals surface area contributed by atoms with Crippen LogP contribution in [0.5, 0.6) is 0 Å². The Morgan fingerprint density at radius 1 is 1.25 bits per heavy atom. The van der Waals surface area contributed by atoms with Gasteiger partial charge in [-0.15, -0.1) is 0 Å². The molecule has 0 atom stereocenters. The van der Waals surface area contributed by atoms with Crippen molar-refractivity contribution in [1.29, 1.82) is 0 Å². The van der Waals surface area contributed by atoms with E-state index in [1.165, 1.54) is 21.1 Å². The molecule has 0 aliphatic rings. The number of hydrogen-bond donors (Lipinski definition) is 0. The Kier molecular flexibility index (Phi) is 2.83. The van der Waals surface area contributed by atoms with Gasteiger partial charge in [-0.2, -0.15) is 0 Å². The second kappa shape index (κ2) is 2.92. The van der Waals surface area contributed by atoms with Gasteiger partial charge in [-0.3, -0.25) is 0 Å². The zero-order chi connectivity index (χ0) is 6.73. The molecule has 0 amide bonds. The zero-order valence-electron chi connectivity index (χ0n) is 6.45. The third-order valence-electron chi connectivity index (χ3n) is 1.39. The number of allylic oxidation sites excluding steroid dienone is 2. The van der Waals surface area contributed by atoms with Gasteiger partial charge in [0.1, 0.15) is 0 Å². The van der Waals surface area contributed by atoms with Crippen molar-refractivity contribution in [2.75, 3.05) is 14.1 Å². The Hall–Kier alpha value is -0.243. The van der Waals surface area contributed by atoms with E-state index < -0.39 is 0 Å². The summed E-state index contributed by atoms with van der Waals surface area (Å²) in [4.78, 5) is 2.16. The van der Waals surface area contributed by atoms with Crippen LogP contribution in [0, 0.1) is 0 Å². The van der Waals surface area contributed by atoms with Gasteiger partial charge in [-0.25, -0.2) is 0 Å². The highest BCUT2D eigenvalue weighted by molar-refractivity contribution is 6.21. The molecule has 0 radical (unpaired) electrons. The summed E-state index contributed by atoms with van der Waals surface area (Å²) in [6.45, 7) is 4.34. The molecule has 0 heterocycles. The lowest BCUT2D eigenvalue weighted by atomic mass is 10.4. The molecular formula is C6H15NSi. The summed E-state index contributed by atoms with van der Waals surface area (Å²) >= 11 is 0. The minimum atomic E-state index is 1.19. The Labute approximate surface area is 54.8 Å². The van der Waals surface area contributed by atoms with Gasteiger partial charge in [0, 0.05) is 30.0 Å². The third kappa shape index (κ3) is 2.16. The molecule has 8 heavy (non-hydrogen) atoms. The maximum atomic E-state index is 2.18. The van der Waals surface area contributed by atoms with E-state index in [0.29, 0.717) is 0 Å². The maximum absolute atomic E-state index is 2.18. The van der Waals surface area contributed by atoms with Gasteiger partial charge in [0.2, 0.25) is 0 Å². The van der Waals surface area contributed by atoms with Gasteiger partial charge in [0.15, 0.2) is 0 Å². The predicted octanol–water partition coefficient (Wildman–Crippen LogP) is 0.165. The fourth-order valence-corrected chi connectivity index (χ4v) is 0.894. The molecule has 0 unspecified atom stereocenters. The minimum absolute atomic E-state index is 1.19. The number of hydrogen-bond acceptors (Lipinski definition) is 1. The topological polar surface area (TPSA) is 3.24 Å². The molecule has 0 aromatic heterocycles. The fraction of sp³-hybridized carbons (Fsp3) is 0.667. The smallest absolute Gasteiger partial charge is 0.0351 e. The predicted molar refractivity (Wildman–Crippen MR) is 42.0 cm³/mol. The Morgan fingerprint density at radius 2 is 1.62 bits per heavy atom. The van der Waals surface area contributed by atoms with Crippen LogP contribution in [0.1, 0.15) is 13.8 Å². The highest BCUT2D eigenvalue weighted by Gasteiger charge is 1.90. The van der Waals surface area contributed by atoms with Crippen LogP contribution < -0.4 is 0 Å². The van der Waals surface area contributed by atoms with Crippen LogP contribution in [0.25, 0.3) is 0 Å². The highest BCUT2D eigenvalue weighted by atomic mass is 28.1. The van der Waals surface area contributed by atoms with Gasteiger partial charge in [-0.1, -0.05) is 5.20 Å². The first-order valence-corrected chi connectivity index (χ1v) is 3.87. The summed E-state index contributed by atoms with van der Waals surface area (Å²) in [7, 11) is 5.35. The normalized spacial score (nSPS) is 13.5. The van der Waals surface area contributed by atoms with Crippen LogP contribution in [0.2, 0.25) is 0 Å². The molecule has 0 saturated carbocycles. The molecule has 0 aromatic rings. The van der Waals surface area contributed by atoms with Crippen molar-refractivity contribution in [2.24, 2.45) is 0 Å². The first kappa shape index (κ1) is 7.76. The second-order valence-corrected chi connectivity index (χ2v) is 3.98. The zero-order valence-corrected chi connectivity index (χ0v) is 8.45. The van der Waals surface area contributed by atoms with E-state index in [-0.39, 0.29) is 0 Å². The van der Waals surface area contributed by atoms with Gasteiger partial charge in [-0.05, 0) is 13.8 Å². The number of nitrogens with zero attached hydrogens (tertiary/aromatic N) is 1. The summed E-state index contributed by atoms with van der Waals surface area (Å²) < 4.78 is 0. The average molecular weight is 129 g/mol. The Morgan fingerprint density at radius 3 is 1.62 bits per heavy atom. The molecule has 0 spiro atoms. The molecule has 48 valence electrons. The van der Waals surface area contributed by atoms with Crippen LogP contribution >= 0.6 is 0 Å². The molecule has 0 bridgehead atoms. The highest BCUT2D eigenvalue weighted by Crippen LogP contribution is 1.99. The van der Waals surface area contributed by atoms with Crippen molar-refractivity contribution in [1.82, 2.24) is 4.90 Å². The lowest BCUT2D eigenvalue weighted by Crippen LogP contribution is -2.09. The summed E-state index contributed by atoms with van der Waals surface area (Å²) in [5, 5.41) is 1.52. The van der Waals surface area contributed by atoms with Crippen molar-refractivity contribution in [3.63, 3.8) is 0 Å². The lowest BCUT2D eigenvalue weighted by Gasteiger charge is -2.13. The third-order valence-corrected chi connectivity index (χ3v) is 2.12. The van der Waals surface area contributed by atoms with Crippen LogP contribution in [0.15, 0.2) is 10.9 Å². The molecule has 0 aliphatic carbocycles. The van der Waals surface area contributed by atoms with Crippen LogP contribution in [0.4, 0.5) is 0 Å². The quantitative estimate of drug-likeness (QED) is 0.456. The van der Waals surface area contributed by atoms with E-state index in [9.17, 15) is 0 Å². The van der Waals surface area contributed by atoms with Gasteiger partial charge < -0.3 is 4.90 Å². The maximum Gasteiger partial charge on any atom is 0.0351 e. The van der Waals surface area contributed by atoms with Gasteiger partial charge in [0.25, 0.3) is 0 Å². The van der Waals surface area contributed by atoms with E-state index in [1.54, 1.807) is 0 Å². The summed E-state index contributed by atoms with van der Waals surface area (Å²) in [6.07, 6.45) is 0. The van der Waals surface area contributed by atoms with Crippen LogP contribution in [-0.4, -0.2) is 29.2 Å². The lowest BCUT2D eigenvalue weighted by molar-refractivity contribution is 0.511. The monoisotopic (exact) mass is 129 g/mol. The van der Waals surface area contributed by atoms with Gasteiger partial charge in [0.05, 0.1) is 0 Å². The molecule has 0 N–H and O–H groups in total. The van der Waals surface area contributed by atoms with E-state index in [4.69, 9.17) is 0 Å². The molecule has 0 aromatic carbocycles. The SMILES string of the molecule is CC([SiH3])=C(C)N(C)C. The summed E-state index contributed by atoms with van der Waals surface area (Å²) in [6, 6.07) is 0. The average Bonchev–Trinajstić information content (AvgIpc) is 1.64. The standard InChI is InChI=1S/C6H15NSi/c1-5(6(2)8)7(3)4/h1-4,8H3. The van der Waals surface area contributed by atoms with Gasteiger partial charge >= 0.3 is 0 Å². The second-order valence-electron chi connectivity index (χ2n) is 2.48. The van der Waals surface area contributed by atoms with E-state index in [1.807, 2.05) is 0 Å². The Bertz CT molecular complexity index is 101. The Balaban J connectivity index is 4.00.